The number of aryl methyl sites for hydroxylation is 1. The van der Waals surface area contributed by atoms with E-state index < -0.39 is 30.0 Å². The fraction of sp³-hybridized carbons (Fsp3) is 0.545. The number of piperidine rings is 1. The molecule has 7 nitrogen and oxygen atoms in total. The van der Waals surface area contributed by atoms with Gasteiger partial charge in [0.05, 0.1) is 5.69 Å². The average Bonchev–Trinajstić information content (AvgIpc) is 3.16. The van der Waals surface area contributed by atoms with Crippen molar-refractivity contribution >= 4 is 5.82 Å². The number of nitrogens with two attached hydrogens (primary N) is 1. The Kier molecular flexibility index (Phi) is 7.39. The van der Waals surface area contributed by atoms with Gasteiger partial charge in [-0.25, -0.2) is 18.7 Å². The van der Waals surface area contributed by atoms with Crippen molar-refractivity contribution in [2.24, 2.45) is 5.92 Å². The van der Waals surface area contributed by atoms with E-state index in [0.717, 1.165) is 6.07 Å². The summed E-state index contributed by atoms with van der Waals surface area (Å²) < 4.78 is 70.5. The molecule has 188 valence electrons. The Balaban J connectivity index is 1.82. The smallest absolute Gasteiger partial charge is 0.402 e. The number of alkyl halides is 5. The quantitative estimate of drug-likeness (QED) is 0.521. The van der Waals surface area contributed by atoms with Crippen molar-refractivity contribution in [1.82, 2.24) is 19.4 Å². The summed E-state index contributed by atoms with van der Waals surface area (Å²) in [5.41, 5.74) is 6.69. The van der Waals surface area contributed by atoms with E-state index in [0.29, 0.717) is 24.5 Å². The number of hydrogen-bond acceptors (Lipinski definition) is 6. The average molecular weight is 489 g/mol. The van der Waals surface area contributed by atoms with Crippen LogP contribution in [-0.4, -0.2) is 49.9 Å². The molecule has 1 saturated heterocycles. The van der Waals surface area contributed by atoms with E-state index in [1.807, 2.05) is 4.90 Å². The number of allylic oxidation sites excluding steroid dienone is 1. The first kappa shape index (κ1) is 25.7. The van der Waals surface area contributed by atoms with Crippen LogP contribution >= 0.6 is 0 Å². The van der Waals surface area contributed by atoms with Gasteiger partial charge in [-0.1, -0.05) is 20.4 Å². The number of aliphatic hydroxyl groups excluding tert-OH is 1. The third kappa shape index (κ3) is 6.37. The van der Waals surface area contributed by atoms with Gasteiger partial charge in [0.25, 0.3) is 5.92 Å². The molecule has 0 amide bonds. The molecule has 0 unspecified atom stereocenters. The Labute approximate surface area is 194 Å². The van der Waals surface area contributed by atoms with E-state index in [4.69, 9.17) is 5.73 Å². The molecule has 34 heavy (non-hydrogen) atoms. The summed E-state index contributed by atoms with van der Waals surface area (Å²) in [5.74, 6) is -3.60. The molecule has 1 aliphatic heterocycles. The van der Waals surface area contributed by atoms with Crippen LogP contribution in [0.15, 0.2) is 30.7 Å². The van der Waals surface area contributed by atoms with E-state index in [2.05, 4.69) is 21.3 Å². The fourth-order valence-corrected chi connectivity index (χ4v) is 3.64. The number of ether oxygens (including phenoxy) is 1. The monoisotopic (exact) mass is 489 g/mol. The number of aliphatic hydroxyl groups is 1. The number of rotatable bonds is 8. The summed E-state index contributed by atoms with van der Waals surface area (Å²) in [4.78, 5) is 10.0. The number of nitrogens with zero attached hydrogens (tertiary/aromatic N) is 4. The van der Waals surface area contributed by atoms with Crippen LogP contribution in [-0.2, 0) is 6.54 Å². The number of imidazole rings is 1. The van der Waals surface area contributed by atoms with Gasteiger partial charge >= 0.3 is 6.36 Å². The van der Waals surface area contributed by atoms with Gasteiger partial charge in [0, 0.05) is 62.6 Å². The predicted octanol–water partition coefficient (Wildman–Crippen LogP) is 4.75. The van der Waals surface area contributed by atoms with Crippen molar-refractivity contribution in [1.29, 1.82) is 0 Å². The first-order chi connectivity index (χ1) is 15.8. The lowest BCUT2D eigenvalue weighted by atomic mass is 10.1. The largest absolute Gasteiger partial charge is 0.573 e. The second kappa shape index (κ2) is 9.77. The lowest BCUT2D eigenvalue weighted by molar-refractivity contribution is -0.274. The molecule has 1 atom stereocenters. The zero-order chi connectivity index (χ0) is 25.3. The molecule has 1 fully saturated rings. The molecule has 12 heteroatoms. The fourth-order valence-electron chi connectivity index (χ4n) is 3.64. The van der Waals surface area contributed by atoms with Gasteiger partial charge in [0.2, 0.25) is 0 Å². The Morgan fingerprint density at radius 3 is 2.53 bits per heavy atom. The van der Waals surface area contributed by atoms with Gasteiger partial charge in [-0.3, -0.25) is 0 Å². The highest BCUT2D eigenvalue weighted by Crippen LogP contribution is 2.33. The molecule has 0 spiro atoms. The highest BCUT2D eigenvalue weighted by molar-refractivity contribution is 5.63. The van der Waals surface area contributed by atoms with Crippen molar-refractivity contribution < 1.29 is 31.8 Å². The number of nitrogen functional groups attached to an aromatic ring is 1. The summed E-state index contributed by atoms with van der Waals surface area (Å²) in [6, 6.07) is 1.08. The van der Waals surface area contributed by atoms with Crippen molar-refractivity contribution in [2.45, 2.75) is 58.0 Å². The molecular weight excluding hydrogens is 461 g/mol. The summed E-state index contributed by atoms with van der Waals surface area (Å²) in [6.45, 7) is 8.37. The van der Waals surface area contributed by atoms with E-state index in [-0.39, 0.29) is 43.1 Å². The minimum Gasteiger partial charge on any atom is -0.402 e. The minimum absolute atomic E-state index is 0.185. The van der Waals surface area contributed by atoms with Crippen LogP contribution in [0.4, 0.5) is 27.8 Å². The highest BCUT2D eigenvalue weighted by Gasteiger charge is 2.34. The van der Waals surface area contributed by atoms with E-state index in [9.17, 15) is 27.1 Å². The van der Waals surface area contributed by atoms with Crippen LogP contribution in [0.5, 0.6) is 5.75 Å². The maximum atomic E-state index is 13.4. The lowest BCUT2D eigenvalue weighted by Crippen LogP contribution is -2.38. The van der Waals surface area contributed by atoms with Gasteiger partial charge in [0.15, 0.2) is 11.6 Å². The second-order valence-corrected chi connectivity index (χ2v) is 8.68. The first-order valence-corrected chi connectivity index (χ1v) is 10.8. The number of halogens is 5. The van der Waals surface area contributed by atoms with Gasteiger partial charge in [-0.05, 0) is 12.0 Å². The van der Waals surface area contributed by atoms with Gasteiger partial charge in [-0.2, -0.15) is 0 Å². The summed E-state index contributed by atoms with van der Waals surface area (Å²) in [7, 11) is 0. The normalized spacial score (nSPS) is 17.1. The number of aromatic nitrogens is 3. The number of anilines is 1. The third-order valence-corrected chi connectivity index (χ3v) is 5.69. The zero-order valence-electron chi connectivity index (χ0n) is 18.9. The molecule has 0 saturated carbocycles. The molecule has 3 rings (SSSR count). The van der Waals surface area contributed by atoms with Crippen LogP contribution in [0, 0.1) is 5.92 Å². The van der Waals surface area contributed by atoms with E-state index in [1.54, 1.807) is 24.6 Å². The standard InChI is InChI=1S/C22H28F5N5O2/c1-13(2)18(33)20-30-16(15-10-17(19(28)29-11-15)34-22(25,26)27)12-32(20)7-4-14(3)31-8-5-21(23,24)6-9-31/h10-13,18,33H,3-9H2,1-2H3,(H2,28,29)/t18-/m0/s1. The first-order valence-electron chi connectivity index (χ1n) is 10.8. The molecule has 0 bridgehead atoms. The summed E-state index contributed by atoms with van der Waals surface area (Å²) in [6.07, 6.45) is -3.07. The van der Waals surface area contributed by atoms with Gasteiger partial charge in [0.1, 0.15) is 11.9 Å². The maximum absolute atomic E-state index is 13.4. The van der Waals surface area contributed by atoms with E-state index >= 15 is 0 Å². The SMILES string of the molecule is C=C(CCn1cc(-c2cnc(N)c(OC(F)(F)F)c2)nc1[C@@H](O)C(C)C)N1CCC(F)(F)CC1. The molecule has 0 radical (unpaired) electrons. The molecule has 0 aromatic carbocycles. The third-order valence-electron chi connectivity index (χ3n) is 5.69. The van der Waals surface area contributed by atoms with Crippen molar-refractivity contribution in [3.05, 3.63) is 36.6 Å². The second-order valence-electron chi connectivity index (χ2n) is 8.68. The predicted molar refractivity (Wildman–Crippen MR) is 116 cm³/mol. The molecule has 3 N–H and O–H groups in total. The van der Waals surface area contributed by atoms with Crippen LogP contribution in [0.3, 0.4) is 0 Å². The van der Waals surface area contributed by atoms with Gasteiger partial charge < -0.3 is 25.0 Å². The van der Waals surface area contributed by atoms with Crippen molar-refractivity contribution in [2.75, 3.05) is 18.8 Å². The number of pyridine rings is 1. The molecular formula is C22H28F5N5O2. The molecule has 3 heterocycles. The summed E-state index contributed by atoms with van der Waals surface area (Å²) >= 11 is 0. The van der Waals surface area contributed by atoms with Gasteiger partial charge in [-0.15, -0.1) is 13.2 Å². The molecule has 2 aromatic heterocycles. The van der Waals surface area contributed by atoms with Crippen LogP contribution in [0.2, 0.25) is 0 Å². The summed E-state index contributed by atoms with van der Waals surface area (Å²) in [5, 5.41) is 10.7. The lowest BCUT2D eigenvalue weighted by Gasteiger charge is -2.34. The highest BCUT2D eigenvalue weighted by atomic mass is 19.4. The topological polar surface area (TPSA) is 89.4 Å². The number of hydrogen-bond donors (Lipinski definition) is 2. The van der Waals surface area contributed by atoms with Crippen molar-refractivity contribution in [3.8, 4) is 17.0 Å². The van der Waals surface area contributed by atoms with Crippen LogP contribution in [0.25, 0.3) is 11.3 Å². The Hall–Kier alpha value is -2.89. The molecule has 0 aliphatic carbocycles. The number of likely N-dealkylation sites (tertiary alicyclic amines) is 1. The molecule has 1 aliphatic rings. The Morgan fingerprint density at radius 1 is 1.29 bits per heavy atom. The van der Waals surface area contributed by atoms with Crippen LogP contribution < -0.4 is 10.5 Å². The molecule has 2 aromatic rings. The maximum Gasteiger partial charge on any atom is 0.573 e. The Morgan fingerprint density at radius 2 is 1.94 bits per heavy atom. The van der Waals surface area contributed by atoms with Crippen molar-refractivity contribution in [3.63, 3.8) is 0 Å². The minimum atomic E-state index is -4.94. The van der Waals surface area contributed by atoms with E-state index in [1.165, 1.54) is 6.20 Å². The Bertz CT molecular complexity index is 1010. The van der Waals surface area contributed by atoms with Crippen LogP contribution in [0.1, 0.15) is 45.0 Å². The zero-order valence-corrected chi connectivity index (χ0v) is 18.9.